The maximum absolute atomic E-state index is 13.1. The fourth-order valence-electron chi connectivity index (χ4n) is 3.82. The molecule has 172 valence electrons. The van der Waals surface area contributed by atoms with E-state index < -0.39 is 27.8 Å². The summed E-state index contributed by atoms with van der Waals surface area (Å²) in [5, 5.41) is 16.1. The van der Waals surface area contributed by atoms with Crippen LogP contribution in [0.15, 0.2) is 45.8 Å². The number of halogens is 1. The van der Waals surface area contributed by atoms with Crippen LogP contribution in [0.25, 0.3) is 11.0 Å². The molecule has 0 saturated heterocycles. The molecule has 0 radical (unpaired) electrons. The molecule has 0 fully saturated rings. The zero-order valence-corrected chi connectivity index (χ0v) is 19.8. The van der Waals surface area contributed by atoms with Crippen molar-refractivity contribution in [2.45, 2.75) is 50.4 Å². The Labute approximate surface area is 191 Å². The van der Waals surface area contributed by atoms with Crippen molar-refractivity contribution in [2.24, 2.45) is 0 Å². The highest BCUT2D eigenvalue weighted by atomic mass is 35.5. The molecular weight excluding hydrogens is 456 g/mol. The lowest BCUT2D eigenvalue weighted by Gasteiger charge is -2.41. The van der Waals surface area contributed by atoms with Gasteiger partial charge in [-0.1, -0.05) is 25.4 Å². The molecule has 10 heteroatoms. The normalized spacial score (nSPS) is 20.2. The first-order valence-corrected chi connectivity index (χ1v) is 12.1. The molecule has 0 spiro atoms. The Bertz CT molecular complexity index is 1250. The monoisotopic (exact) mass is 480 g/mol. The fraction of sp³-hybridized carbons (Fsp3) is 0.409. The standard InChI is InChI=1S/C22H25ClN2O6S/c1-5-25(6-2)32(27,28)14-8-10-17-15(12-14)19(20(26)22(3,4)30-17)29-21-16-11-13(23)7-9-18(16)31-24-21/h7-12,19-20,26H,5-6H2,1-4H3/t19-,20+/m1/s1. The SMILES string of the molecule is CCN(CC)S(=O)(=O)c1ccc2c(c1)[C@@H](Oc1noc3ccc(Cl)cc13)[C@H](O)C(C)(C)O2. The Hall–Kier alpha value is -2.33. The first kappa shape index (κ1) is 22.8. The van der Waals surface area contributed by atoms with Gasteiger partial charge in [0.1, 0.15) is 17.5 Å². The van der Waals surface area contributed by atoms with E-state index in [4.69, 9.17) is 25.6 Å². The van der Waals surface area contributed by atoms with E-state index in [9.17, 15) is 13.5 Å². The van der Waals surface area contributed by atoms with Gasteiger partial charge in [0, 0.05) is 23.7 Å². The first-order valence-electron chi connectivity index (χ1n) is 10.3. The predicted octanol–water partition coefficient (Wildman–Crippen LogP) is 4.16. The molecule has 8 nitrogen and oxygen atoms in total. The topological polar surface area (TPSA) is 102 Å². The summed E-state index contributed by atoms with van der Waals surface area (Å²) in [7, 11) is -3.72. The third-order valence-corrected chi connectivity index (χ3v) is 7.92. The average molecular weight is 481 g/mol. The van der Waals surface area contributed by atoms with Crippen LogP contribution >= 0.6 is 11.6 Å². The Kier molecular flexibility index (Phi) is 5.87. The van der Waals surface area contributed by atoms with Crippen molar-refractivity contribution in [3.63, 3.8) is 0 Å². The van der Waals surface area contributed by atoms with Crippen LogP contribution < -0.4 is 9.47 Å². The van der Waals surface area contributed by atoms with Crippen LogP contribution in [0.3, 0.4) is 0 Å². The van der Waals surface area contributed by atoms with Crippen LogP contribution in [0.2, 0.25) is 5.02 Å². The van der Waals surface area contributed by atoms with Crippen LogP contribution in [0.5, 0.6) is 11.6 Å². The lowest BCUT2D eigenvalue weighted by molar-refractivity contribution is -0.104. The molecule has 2 aromatic carbocycles. The minimum atomic E-state index is -3.72. The molecule has 1 N–H and O–H groups in total. The smallest absolute Gasteiger partial charge is 0.262 e. The predicted molar refractivity (Wildman–Crippen MR) is 120 cm³/mol. The van der Waals surface area contributed by atoms with Crippen LogP contribution in [-0.2, 0) is 10.0 Å². The summed E-state index contributed by atoms with van der Waals surface area (Å²) in [5.74, 6) is 0.571. The summed E-state index contributed by atoms with van der Waals surface area (Å²) < 4.78 is 44.9. The van der Waals surface area contributed by atoms with Gasteiger partial charge in [-0.25, -0.2) is 8.42 Å². The zero-order valence-electron chi connectivity index (χ0n) is 18.2. The number of ether oxygens (including phenoxy) is 2. The molecule has 1 aliphatic rings. The van der Waals surface area contributed by atoms with Crippen LogP contribution in [-0.4, -0.2) is 47.8 Å². The van der Waals surface area contributed by atoms with E-state index >= 15 is 0 Å². The summed E-state index contributed by atoms with van der Waals surface area (Å²) in [4.78, 5) is 0.0945. The average Bonchev–Trinajstić information content (AvgIpc) is 3.13. The van der Waals surface area contributed by atoms with Gasteiger partial charge in [0.25, 0.3) is 5.88 Å². The van der Waals surface area contributed by atoms with E-state index in [2.05, 4.69) is 5.16 Å². The molecule has 0 bridgehead atoms. The van der Waals surface area contributed by atoms with Crippen LogP contribution in [0, 0.1) is 0 Å². The van der Waals surface area contributed by atoms with Crippen molar-refractivity contribution in [3.05, 3.63) is 47.0 Å². The number of aliphatic hydroxyl groups is 1. The maximum atomic E-state index is 13.1. The molecule has 1 aromatic heterocycles. The Balaban J connectivity index is 1.81. The van der Waals surface area contributed by atoms with Crippen molar-refractivity contribution in [1.82, 2.24) is 9.46 Å². The number of benzene rings is 2. The molecule has 2 atom stereocenters. The molecule has 1 aliphatic heterocycles. The van der Waals surface area contributed by atoms with Gasteiger partial charge < -0.3 is 19.1 Å². The molecule has 4 rings (SSSR count). The highest BCUT2D eigenvalue weighted by molar-refractivity contribution is 7.89. The van der Waals surface area contributed by atoms with Gasteiger partial charge in [-0.2, -0.15) is 4.31 Å². The summed E-state index contributed by atoms with van der Waals surface area (Å²) in [6.45, 7) is 7.70. The van der Waals surface area contributed by atoms with E-state index in [1.165, 1.54) is 16.4 Å². The maximum Gasteiger partial charge on any atom is 0.262 e. The molecule has 3 aromatic rings. The lowest BCUT2D eigenvalue weighted by Crippen LogP contribution is -2.50. The highest BCUT2D eigenvalue weighted by Gasteiger charge is 2.45. The molecule has 0 saturated carbocycles. The number of rotatable bonds is 6. The van der Waals surface area contributed by atoms with Crippen molar-refractivity contribution in [3.8, 4) is 11.6 Å². The van der Waals surface area contributed by atoms with E-state index in [0.717, 1.165) is 0 Å². The number of fused-ring (bicyclic) bond motifs is 2. The molecule has 0 amide bonds. The quantitative estimate of drug-likeness (QED) is 0.565. The van der Waals surface area contributed by atoms with Crippen LogP contribution in [0.1, 0.15) is 39.4 Å². The number of aromatic nitrogens is 1. The van der Waals surface area contributed by atoms with Gasteiger partial charge in [0.15, 0.2) is 11.7 Å². The lowest BCUT2D eigenvalue weighted by atomic mass is 9.88. The number of sulfonamides is 1. The van der Waals surface area contributed by atoms with E-state index in [1.807, 2.05) is 0 Å². The Morgan fingerprint density at radius 3 is 2.59 bits per heavy atom. The number of hydrogen-bond acceptors (Lipinski definition) is 7. The third kappa shape index (κ3) is 3.83. The molecule has 2 heterocycles. The Morgan fingerprint density at radius 2 is 1.91 bits per heavy atom. The number of aliphatic hydroxyl groups excluding tert-OH is 1. The zero-order chi connectivity index (χ0) is 23.3. The second-order valence-corrected chi connectivity index (χ2v) is 10.5. The third-order valence-electron chi connectivity index (χ3n) is 5.64. The van der Waals surface area contributed by atoms with Gasteiger partial charge >= 0.3 is 0 Å². The van der Waals surface area contributed by atoms with Gasteiger partial charge in [-0.15, -0.1) is 0 Å². The van der Waals surface area contributed by atoms with Crippen molar-refractivity contribution in [1.29, 1.82) is 0 Å². The minimum absolute atomic E-state index is 0.0945. The van der Waals surface area contributed by atoms with Gasteiger partial charge in [0.2, 0.25) is 10.0 Å². The van der Waals surface area contributed by atoms with Gasteiger partial charge in [-0.05, 0) is 55.4 Å². The second-order valence-electron chi connectivity index (χ2n) is 8.11. The Morgan fingerprint density at radius 1 is 1.19 bits per heavy atom. The van der Waals surface area contributed by atoms with E-state index in [1.54, 1.807) is 52.0 Å². The molecule has 0 unspecified atom stereocenters. The summed E-state index contributed by atoms with van der Waals surface area (Å²) in [6, 6.07) is 9.58. The number of nitrogens with zero attached hydrogens (tertiary/aromatic N) is 2. The van der Waals surface area contributed by atoms with Crippen molar-refractivity contribution >= 4 is 32.6 Å². The number of hydrogen-bond donors (Lipinski definition) is 1. The largest absolute Gasteiger partial charge is 0.485 e. The van der Waals surface area contributed by atoms with Crippen molar-refractivity contribution in [2.75, 3.05) is 13.1 Å². The van der Waals surface area contributed by atoms with Crippen molar-refractivity contribution < 1.29 is 27.5 Å². The summed E-state index contributed by atoms with van der Waals surface area (Å²) in [5.41, 5.74) is -0.111. The molecule has 32 heavy (non-hydrogen) atoms. The second kappa shape index (κ2) is 8.22. The van der Waals surface area contributed by atoms with E-state index in [0.29, 0.717) is 40.4 Å². The van der Waals surface area contributed by atoms with Gasteiger partial charge in [-0.3, -0.25) is 0 Å². The summed E-state index contributed by atoms with van der Waals surface area (Å²) >= 11 is 6.11. The highest BCUT2D eigenvalue weighted by Crippen LogP contribution is 2.44. The van der Waals surface area contributed by atoms with E-state index in [-0.39, 0.29) is 10.8 Å². The minimum Gasteiger partial charge on any atom is -0.485 e. The molecular formula is C22H25ClN2O6S. The molecule has 0 aliphatic carbocycles. The summed E-state index contributed by atoms with van der Waals surface area (Å²) in [6.07, 6.45) is -2.07. The van der Waals surface area contributed by atoms with Crippen LogP contribution in [0.4, 0.5) is 0 Å². The first-order chi connectivity index (χ1) is 15.1. The fourth-order valence-corrected chi connectivity index (χ4v) is 5.48. The van der Waals surface area contributed by atoms with Gasteiger partial charge in [0.05, 0.1) is 10.3 Å².